The lowest BCUT2D eigenvalue weighted by molar-refractivity contribution is -0.155. The molecule has 0 aromatic heterocycles. The molecule has 1 aliphatic heterocycles. The highest BCUT2D eigenvalue weighted by Gasteiger charge is 2.31. The summed E-state index contributed by atoms with van der Waals surface area (Å²) in [7, 11) is 1.59. The summed E-state index contributed by atoms with van der Waals surface area (Å²) in [5.41, 5.74) is 6.71. The molecule has 0 saturated carbocycles. The van der Waals surface area contributed by atoms with E-state index >= 15 is 0 Å². The highest BCUT2D eigenvalue weighted by atomic mass is 19.1. The molecule has 0 bridgehead atoms. The fraction of sp³-hybridized carbons (Fsp3) is 0.385. The summed E-state index contributed by atoms with van der Waals surface area (Å²) >= 11 is 0. The number of carbonyl (C=O) groups is 2. The Bertz CT molecular complexity index is 489. The lowest BCUT2D eigenvalue weighted by Crippen LogP contribution is -2.54. The number of nitrogens with two attached hydrogens (primary N) is 1. The zero-order valence-electron chi connectivity index (χ0n) is 10.7. The molecule has 1 saturated heterocycles. The third-order valence-corrected chi connectivity index (χ3v) is 3.24. The normalized spacial score (nSPS) is 17.8. The predicted octanol–water partition coefficient (Wildman–Crippen LogP) is 0.126. The molecule has 2 N–H and O–H groups in total. The first-order valence-electron chi connectivity index (χ1n) is 6.04. The molecule has 1 heterocycles. The van der Waals surface area contributed by atoms with Crippen molar-refractivity contribution in [3.63, 3.8) is 0 Å². The number of benzene rings is 1. The van der Waals surface area contributed by atoms with Crippen LogP contribution in [0.4, 0.5) is 4.39 Å². The molecule has 0 aliphatic carbocycles. The van der Waals surface area contributed by atoms with Gasteiger partial charge in [0.2, 0.25) is 0 Å². The van der Waals surface area contributed by atoms with Crippen molar-refractivity contribution in [2.45, 2.75) is 6.04 Å². The number of rotatable bonds is 3. The van der Waals surface area contributed by atoms with Crippen LogP contribution in [0.1, 0.15) is 11.6 Å². The van der Waals surface area contributed by atoms with E-state index < -0.39 is 17.9 Å². The molecule has 2 rings (SSSR count). The predicted molar refractivity (Wildman–Crippen MR) is 67.5 cm³/mol. The maximum absolute atomic E-state index is 12.8. The maximum atomic E-state index is 12.8. The number of hydrogen-bond acceptors (Lipinski definition) is 3. The standard InChI is InChI=1S/C13H16FN3O2/c1-16-6-7-17(13(19)12(16)18)8-11(15)9-2-4-10(14)5-3-9/h2-5,11H,6-8,15H2,1H3. The SMILES string of the molecule is CN1CCN(CC(N)c2ccc(F)cc2)C(=O)C1=O. The maximum Gasteiger partial charge on any atom is 0.312 e. The third kappa shape index (κ3) is 2.90. The molecule has 5 nitrogen and oxygen atoms in total. The van der Waals surface area contributed by atoms with E-state index in [1.807, 2.05) is 0 Å². The highest BCUT2D eigenvalue weighted by molar-refractivity contribution is 6.35. The minimum Gasteiger partial charge on any atom is -0.336 e. The first-order valence-corrected chi connectivity index (χ1v) is 6.04. The van der Waals surface area contributed by atoms with E-state index in [1.165, 1.54) is 21.9 Å². The van der Waals surface area contributed by atoms with Crippen LogP contribution in [-0.4, -0.2) is 48.3 Å². The van der Waals surface area contributed by atoms with E-state index in [9.17, 15) is 14.0 Å². The van der Waals surface area contributed by atoms with Crippen LogP contribution in [0.2, 0.25) is 0 Å². The van der Waals surface area contributed by atoms with Crippen LogP contribution in [0.3, 0.4) is 0 Å². The van der Waals surface area contributed by atoms with Gasteiger partial charge in [-0.1, -0.05) is 12.1 Å². The van der Waals surface area contributed by atoms with Gasteiger partial charge in [-0.05, 0) is 17.7 Å². The molecule has 1 atom stereocenters. The fourth-order valence-electron chi connectivity index (χ4n) is 2.00. The van der Waals surface area contributed by atoms with Gasteiger partial charge in [-0.3, -0.25) is 9.59 Å². The molecule has 0 spiro atoms. The average molecular weight is 265 g/mol. The van der Waals surface area contributed by atoms with Crippen LogP contribution in [0.15, 0.2) is 24.3 Å². The summed E-state index contributed by atoms with van der Waals surface area (Å²) in [6.45, 7) is 1.22. The van der Waals surface area contributed by atoms with Crippen LogP contribution in [-0.2, 0) is 9.59 Å². The molecule has 102 valence electrons. The van der Waals surface area contributed by atoms with Crippen molar-refractivity contribution in [3.8, 4) is 0 Å². The zero-order chi connectivity index (χ0) is 14.0. The van der Waals surface area contributed by atoms with Crippen molar-refractivity contribution in [2.24, 2.45) is 5.73 Å². The summed E-state index contributed by atoms with van der Waals surface area (Å²) in [4.78, 5) is 26.2. The van der Waals surface area contributed by atoms with Gasteiger partial charge in [-0.25, -0.2) is 4.39 Å². The van der Waals surface area contributed by atoms with Gasteiger partial charge < -0.3 is 15.5 Å². The van der Waals surface area contributed by atoms with Gasteiger partial charge in [0.15, 0.2) is 0 Å². The first kappa shape index (κ1) is 13.5. The van der Waals surface area contributed by atoms with Gasteiger partial charge >= 0.3 is 11.8 Å². The Morgan fingerprint density at radius 1 is 1.21 bits per heavy atom. The van der Waals surface area contributed by atoms with E-state index in [-0.39, 0.29) is 12.4 Å². The quantitative estimate of drug-likeness (QED) is 0.790. The van der Waals surface area contributed by atoms with Gasteiger partial charge in [0.05, 0.1) is 0 Å². The van der Waals surface area contributed by atoms with E-state index in [0.717, 1.165) is 5.56 Å². The molecule has 1 aromatic rings. The number of nitrogens with zero attached hydrogens (tertiary/aromatic N) is 2. The summed E-state index contributed by atoms with van der Waals surface area (Å²) in [6, 6.07) is 5.39. The van der Waals surface area contributed by atoms with E-state index in [2.05, 4.69) is 0 Å². The summed E-state index contributed by atoms with van der Waals surface area (Å²) in [5, 5.41) is 0. The molecular weight excluding hydrogens is 249 g/mol. The van der Waals surface area contributed by atoms with Crippen molar-refractivity contribution in [3.05, 3.63) is 35.6 Å². The largest absolute Gasteiger partial charge is 0.336 e. The van der Waals surface area contributed by atoms with Gasteiger partial charge in [0.1, 0.15) is 5.82 Å². The van der Waals surface area contributed by atoms with Crippen LogP contribution in [0.25, 0.3) is 0 Å². The van der Waals surface area contributed by atoms with Crippen LogP contribution >= 0.6 is 0 Å². The fourth-order valence-corrected chi connectivity index (χ4v) is 2.00. The van der Waals surface area contributed by atoms with Gasteiger partial charge in [0.25, 0.3) is 0 Å². The summed E-state index contributed by atoms with van der Waals surface area (Å²) in [5.74, 6) is -1.38. The monoisotopic (exact) mass is 265 g/mol. The van der Waals surface area contributed by atoms with Crippen molar-refractivity contribution < 1.29 is 14.0 Å². The molecule has 1 aliphatic rings. The lowest BCUT2D eigenvalue weighted by Gasteiger charge is -2.33. The Morgan fingerprint density at radius 3 is 2.47 bits per heavy atom. The Balaban J connectivity index is 2.03. The summed E-state index contributed by atoms with van der Waals surface area (Å²) in [6.07, 6.45) is 0. The van der Waals surface area contributed by atoms with Crippen molar-refractivity contribution in [1.29, 1.82) is 0 Å². The minimum absolute atomic E-state index is 0.254. The van der Waals surface area contributed by atoms with Crippen LogP contribution in [0.5, 0.6) is 0 Å². The third-order valence-electron chi connectivity index (χ3n) is 3.24. The Morgan fingerprint density at radius 2 is 1.84 bits per heavy atom. The van der Waals surface area contributed by atoms with Crippen molar-refractivity contribution in [1.82, 2.24) is 9.80 Å². The van der Waals surface area contributed by atoms with Crippen molar-refractivity contribution >= 4 is 11.8 Å². The molecule has 2 amide bonds. The number of piperazine rings is 1. The van der Waals surface area contributed by atoms with E-state index in [4.69, 9.17) is 5.73 Å². The van der Waals surface area contributed by atoms with Gasteiger partial charge in [0, 0.05) is 32.7 Å². The second-order valence-corrected chi connectivity index (χ2v) is 4.64. The van der Waals surface area contributed by atoms with Crippen LogP contribution in [0, 0.1) is 5.82 Å². The Kier molecular flexibility index (Phi) is 3.80. The summed E-state index contributed by atoms with van der Waals surface area (Å²) < 4.78 is 12.8. The second-order valence-electron chi connectivity index (χ2n) is 4.64. The molecule has 1 unspecified atom stereocenters. The number of likely N-dealkylation sites (N-methyl/N-ethyl adjacent to an activating group) is 1. The minimum atomic E-state index is -0.536. The molecule has 1 aromatic carbocycles. The Labute approximate surface area is 110 Å². The smallest absolute Gasteiger partial charge is 0.312 e. The molecule has 6 heteroatoms. The number of amides is 2. The van der Waals surface area contributed by atoms with E-state index in [1.54, 1.807) is 19.2 Å². The first-order chi connectivity index (χ1) is 8.99. The molecule has 0 radical (unpaired) electrons. The van der Waals surface area contributed by atoms with Gasteiger partial charge in [-0.2, -0.15) is 0 Å². The molecule has 1 fully saturated rings. The second kappa shape index (κ2) is 5.36. The van der Waals surface area contributed by atoms with Gasteiger partial charge in [-0.15, -0.1) is 0 Å². The lowest BCUT2D eigenvalue weighted by atomic mass is 10.1. The number of hydrogen-bond donors (Lipinski definition) is 1. The highest BCUT2D eigenvalue weighted by Crippen LogP contribution is 2.14. The molecule has 19 heavy (non-hydrogen) atoms. The zero-order valence-corrected chi connectivity index (χ0v) is 10.7. The van der Waals surface area contributed by atoms with Crippen molar-refractivity contribution in [2.75, 3.05) is 26.7 Å². The topological polar surface area (TPSA) is 66.6 Å². The Hall–Kier alpha value is -1.95. The average Bonchev–Trinajstić information content (AvgIpc) is 2.40. The number of halogens is 1. The van der Waals surface area contributed by atoms with E-state index in [0.29, 0.717) is 13.1 Å². The molecular formula is C13H16FN3O2. The van der Waals surface area contributed by atoms with Crippen LogP contribution < -0.4 is 5.73 Å². The number of carbonyl (C=O) groups excluding carboxylic acids is 2.